The van der Waals surface area contributed by atoms with E-state index in [4.69, 9.17) is 0 Å². The topological polar surface area (TPSA) is 6.48 Å². The van der Waals surface area contributed by atoms with Crippen molar-refractivity contribution in [1.82, 2.24) is 4.90 Å². The van der Waals surface area contributed by atoms with E-state index in [0.29, 0.717) is 12.1 Å². The number of benzene rings is 1. The highest BCUT2D eigenvalue weighted by Crippen LogP contribution is 2.46. The fraction of sp³-hybridized carbons (Fsp3) is 0.500. The van der Waals surface area contributed by atoms with Gasteiger partial charge in [-0.1, -0.05) is 30.4 Å². The van der Waals surface area contributed by atoms with Crippen molar-refractivity contribution in [2.24, 2.45) is 5.92 Å². The molecule has 114 valence electrons. The molecule has 1 aromatic rings. The summed E-state index contributed by atoms with van der Waals surface area (Å²) in [5.74, 6) is 0.727. The van der Waals surface area contributed by atoms with Crippen LogP contribution in [-0.4, -0.2) is 37.1 Å². The Labute approximate surface area is 133 Å². The van der Waals surface area contributed by atoms with Crippen molar-refractivity contribution < 1.29 is 0 Å². The van der Waals surface area contributed by atoms with Crippen LogP contribution in [0.15, 0.2) is 47.6 Å². The summed E-state index contributed by atoms with van der Waals surface area (Å²) in [6, 6.07) is 10.5. The number of rotatable bonds is 0. The normalized spacial score (nSPS) is 33.3. The maximum absolute atomic E-state index is 2.74. The Balaban J connectivity index is 1.73. The molecule has 1 aromatic carbocycles. The highest BCUT2D eigenvalue weighted by atomic mass is 15.3. The molecule has 0 spiro atoms. The standard InChI is InChI=1S/C20H24N2/c1-21-11-12-22-17-8-3-2-5-15(17)13-16-7-4-6-14-9-10-18(21)20(22)19(14)16/h2-6,8,16,18,20H,7,9-13H2,1H3/t16?,18-,20+/m0/s1. The molecule has 4 aliphatic rings. The molecule has 0 amide bonds. The van der Waals surface area contributed by atoms with Crippen molar-refractivity contribution in [2.45, 2.75) is 37.8 Å². The largest absolute Gasteiger partial charge is 0.362 e. The first kappa shape index (κ1) is 13.0. The maximum Gasteiger partial charge on any atom is 0.0667 e. The molecule has 3 atom stereocenters. The minimum atomic E-state index is 0.612. The molecular formula is C20H24N2. The molecule has 1 unspecified atom stereocenters. The van der Waals surface area contributed by atoms with Gasteiger partial charge >= 0.3 is 0 Å². The molecule has 2 aliphatic heterocycles. The Bertz CT molecular complexity index is 672. The van der Waals surface area contributed by atoms with Gasteiger partial charge in [-0.2, -0.15) is 0 Å². The molecule has 5 rings (SSSR count). The Kier molecular flexibility index (Phi) is 2.78. The summed E-state index contributed by atoms with van der Waals surface area (Å²) in [5.41, 5.74) is 6.51. The maximum atomic E-state index is 2.74. The minimum absolute atomic E-state index is 0.612. The monoisotopic (exact) mass is 292 g/mol. The predicted octanol–water partition coefficient (Wildman–Crippen LogP) is 3.40. The van der Waals surface area contributed by atoms with Crippen LogP contribution >= 0.6 is 0 Å². The smallest absolute Gasteiger partial charge is 0.0667 e. The summed E-state index contributed by atoms with van der Waals surface area (Å²) in [5, 5.41) is 0. The Morgan fingerprint density at radius 1 is 1.14 bits per heavy atom. The Morgan fingerprint density at radius 3 is 3.00 bits per heavy atom. The van der Waals surface area contributed by atoms with E-state index in [9.17, 15) is 0 Å². The fourth-order valence-corrected chi connectivity index (χ4v) is 5.29. The number of piperazine rings is 1. The van der Waals surface area contributed by atoms with Crippen molar-refractivity contribution in [3.05, 3.63) is 53.1 Å². The van der Waals surface area contributed by atoms with Crippen LogP contribution in [0.4, 0.5) is 5.69 Å². The lowest BCUT2D eigenvalue weighted by Gasteiger charge is -2.51. The predicted molar refractivity (Wildman–Crippen MR) is 91.2 cm³/mol. The molecular weight excluding hydrogens is 268 g/mol. The van der Waals surface area contributed by atoms with E-state index in [1.807, 2.05) is 0 Å². The summed E-state index contributed by atoms with van der Waals surface area (Å²) in [6.07, 6.45) is 9.91. The zero-order valence-electron chi connectivity index (χ0n) is 13.3. The number of para-hydroxylation sites is 1. The summed E-state index contributed by atoms with van der Waals surface area (Å²) in [6.45, 7) is 2.36. The van der Waals surface area contributed by atoms with E-state index in [0.717, 1.165) is 5.92 Å². The van der Waals surface area contributed by atoms with E-state index in [2.05, 4.69) is 53.3 Å². The van der Waals surface area contributed by atoms with E-state index in [1.165, 1.54) is 44.5 Å². The number of nitrogens with zero attached hydrogens (tertiary/aromatic N) is 2. The number of likely N-dealkylation sites (N-methyl/N-ethyl adjacent to an activating group) is 1. The van der Waals surface area contributed by atoms with E-state index in [-0.39, 0.29) is 0 Å². The Hall–Kier alpha value is -1.54. The molecule has 0 aromatic heterocycles. The van der Waals surface area contributed by atoms with Crippen LogP contribution in [0.2, 0.25) is 0 Å². The van der Waals surface area contributed by atoms with Crippen molar-refractivity contribution in [3.8, 4) is 0 Å². The molecule has 0 saturated carbocycles. The van der Waals surface area contributed by atoms with Crippen LogP contribution in [0.5, 0.6) is 0 Å². The third-order valence-electron chi connectivity index (χ3n) is 6.31. The van der Waals surface area contributed by atoms with Gasteiger partial charge in [0.05, 0.1) is 6.04 Å². The second-order valence-electron chi connectivity index (χ2n) is 7.37. The SMILES string of the molecule is CN1CCN2c3ccccc3CC3CC=CC4=C3[C@H]2[C@@H]1CC4. The van der Waals surface area contributed by atoms with Gasteiger partial charge in [-0.3, -0.25) is 4.90 Å². The van der Waals surface area contributed by atoms with Gasteiger partial charge in [-0.15, -0.1) is 0 Å². The van der Waals surface area contributed by atoms with Gasteiger partial charge in [0.2, 0.25) is 0 Å². The van der Waals surface area contributed by atoms with Gasteiger partial charge in [-0.25, -0.2) is 0 Å². The van der Waals surface area contributed by atoms with Crippen molar-refractivity contribution in [3.63, 3.8) is 0 Å². The van der Waals surface area contributed by atoms with E-state index >= 15 is 0 Å². The van der Waals surface area contributed by atoms with Gasteiger partial charge in [0.15, 0.2) is 0 Å². The van der Waals surface area contributed by atoms with Crippen LogP contribution in [0.1, 0.15) is 24.8 Å². The third-order valence-corrected chi connectivity index (χ3v) is 6.31. The molecule has 2 nitrogen and oxygen atoms in total. The van der Waals surface area contributed by atoms with Gasteiger partial charge in [0.1, 0.15) is 0 Å². The molecule has 1 fully saturated rings. The van der Waals surface area contributed by atoms with E-state index < -0.39 is 0 Å². The Morgan fingerprint density at radius 2 is 2.05 bits per heavy atom. The quantitative estimate of drug-likeness (QED) is 0.723. The number of hydrogen-bond donors (Lipinski definition) is 0. The molecule has 0 radical (unpaired) electrons. The molecule has 2 heteroatoms. The lowest BCUT2D eigenvalue weighted by atomic mass is 9.72. The van der Waals surface area contributed by atoms with Gasteiger partial charge in [0, 0.05) is 24.8 Å². The van der Waals surface area contributed by atoms with Gasteiger partial charge in [-0.05, 0) is 61.4 Å². The lowest BCUT2D eigenvalue weighted by Crippen LogP contribution is -2.61. The highest BCUT2D eigenvalue weighted by molar-refractivity contribution is 5.61. The number of fused-ring (bicyclic) bond motifs is 2. The highest BCUT2D eigenvalue weighted by Gasteiger charge is 2.45. The second kappa shape index (κ2) is 4.73. The molecule has 2 heterocycles. The number of allylic oxidation sites excluding steroid dienone is 3. The van der Waals surface area contributed by atoms with Crippen molar-refractivity contribution in [2.75, 3.05) is 25.0 Å². The van der Waals surface area contributed by atoms with Crippen LogP contribution in [0, 0.1) is 5.92 Å². The molecule has 0 bridgehead atoms. The average Bonchev–Trinajstić information content (AvgIpc) is 2.70. The van der Waals surface area contributed by atoms with Gasteiger partial charge < -0.3 is 4.90 Å². The summed E-state index contributed by atoms with van der Waals surface area (Å²) in [4.78, 5) is 5.36. The zero-order valence-corrected chi connectivity index (χ0v) is 13.3. The summed E-state index contributed by atoms with van der Waals surface area (Å²) < 4.78 is 0. The first-order valence-electron chi connectivity index (χ1n) is 8.77. The van der Waals surface area contributed by atoms with Crippen LogP contribution in [-0.2, 0) is 6.42 Å². The molecule has 1 saturated heterocycles. The lowest BCUT2D eigenvalue weighted by molar-refractivity contribution is 0.166. The van der Waals surface area contributed by atoms with Gasteiger partial charge in [0.25, 0.3) is 0 Å². The van der Waals surface area contributed by atoms with Crippen LogP contribution in [0.25, 0.3) is 0 Å². The molecule has 2 aliphatic carbocycles. The first-order valence-corrected chi connectivity index (χ1v) is 8.77. The summed E-state index contributed by atoms with van der Waals surface area (Å²) >= 11 is 0. The average molecular weight is 292 g/mol. The number of hydrogen-bond acceptors (Lipinski definition) is 2. The van der Waals surface area contributed by atoms with Crippen molar-refractivity contribution in [1.29, 1.82) is 0 Å². The minimum Gasteiger partial charge on any atom is -0.362 e. The summed E-state index contributed by atoms with van der Waals surface area (Å²) in [7, 11) is 2.33. The van der Waals surface area contributed by atoms with E-state index in [1.54, 1.807) is 16.7 Å². The third kappa shape index (κ3) is 1.70. The van der Waals surface area contributed by atoms with Crippen LogP contribution in [0.3, 0.4) is 0 Å². The fourth-order valence-electron chi connectivity index (χ4n) is 5.29. The van der Waals surface area contributed by atoms with Crippen LogP contribution < -0.4 is 4.90 Å². The zero-order chi connectivity index (χ0) is 14.7. The first-order chi connectivity index (χ1) is 10.8. The molecule has 0 N–H and O–H groups in total. The second-order valence-corrected chi connectivity index (χ2v) is 7.37. The van der Waals surface area contributed by atoms with Crippen molar-refractivity contribution >= 4 is 5.69 Å². The molecule has 22 heavy (non-hydrogen) atoms. The number of anilines is 1.